The van der Waals surface area contributed by atoms with E-state index in [0.29, 0.717) is 0 Å². The smallest absolute Gasteiger partial charge is 0.185 e. The predicted octanol–water partition coefficient (Wildman–Crippen LogP) is 3.60. The van der Waals surface area contributed by atoms with Crippen LogP contribution in [-0.2, 0) is 0 Å². The molecule has 0 bridgehead atoms. The summed E-state index contributed by atoms with van der Waals surface area (Å²) >= 11 is 0. The quantitative estimate of drug-likeness (QED) is 0.656. The Morgan fingerprint density at radius 2 is 1.55 bits per heavy atom. The molecule has 0 radical (unpaired) electrons. The van der Waals surface area contributed by atoms with E-state index in [1.165, 1.54) is 0 Å². The SMILES string of the molecule is OCC1(CNc2c(F)c(F)cc(F)c2F)CCCCC1. The van der Waals surface area contributed by atoms with Crippen LogP contribution in [0.15, 0.2) is 6.07 Å². The number of hydrogen-bond acceptors (Lipinski definition) is 2. The van der Waals surface area contributed by atoms with Crippen molar-refractivity contribution in [3.05, 3.63) is 29.3 Å². The Morgan fingerprint density at radius 1 is 1.00 bits per heavy atom. The Balaban J connectivity index is 2.18. The summed E-state index contributed by atoms with van der Waals surface area (Å²) in [6.07, 6.45) is 4.34. The predicted molar refractivity (Wildman–Crippen MR) is 67.4 cm³/mol. The van der Waals surface area contributed by atoms with Crippen LogP contribution in [0.5, 0.6) is 0 Å². The maximum atomic E-state index is 13.5. The molecule has 1 aliphatic rings. The highest BCUT2D eigenvalue weighted by atomic mass is 19.2. The molecule has 0 atom stereocenters. The number of aliphatic hydroxyl groups excluding tert-OH is 1. The molecule has 0 heterocycles. The zero-order valence-electron chi connectivity index (χ0n) is 11.0. The minimum atomic E-state index is -1.44. The van der Waals surface area contributed by atoms with E-state index in [2.05, 4.69) is 5.32 Å². The van der Waals surface area contributed by atoms with Gasteiger partial charge in [0, 0.05) is 18.0 Å². The van der Waals surface area contributed by atoms with Crippen LogP contribution in [0.25, 0.3) is 0 Å². The van der Waals surface area contributed by atoms with Gasteiger partial charge in [0.1, 0.15) is 5.69 Å². The second-order valence-corrected chi connectivity index (χ2v) is 5.42. The zero-order valence-corrected chi connectivity index (χ0v) is 11.0. The maximum absolute atomic E-state index is 13.5. The third-order valence-electron chi connectivity index (χ3n) is 4.00. The molecule has 0 unspecified atom stereocenters. The van der Waals surface area contributed by atoms with Crippen LogP contribution in [-0.4, -0.2) is 18.3 Å². The average Bonchev–Trinajstić information content (AvgIpc) is 2.46. The van der Waals surface area contributed by atoms with Crippen LogP contribution >= 0.6 is 0 Å². The van der Waals surface area contributed by atoms with Gasteiger partial charge >= 0.3 is 0 Å². The van der Waals surface area contributed by atoms with Crippen molar-refractivity contribution in [3.8, 4) is 0 Å². The Hall–Kier alpha value is -1.30. The lowest BCUT2D eigenvalue weighted by Crippen LogP contribution is -2.36. The summed E-state index contributed by atoms with van der Waals surface area (Å²) in [7, 11) is 0. The van der Waals surface area contributed by atoms with Gasteiger partial charge in [0.15, 0.2) is 23.3 Å². The fraction of sp³-hybridized carbons (Fsp3) is 0.571. The molecular weight excluding hydrogens is 274 g/mol. The summed E-state index contributed by atoms with van der Waals surface area (Å²) in [5.41, 5.74) is -1.29. The van der Waals surface area contributed by atoms with E-state index in [9.17, 15) is 22.7 Å². The van der Waals surface area contributed by atoms with Crippen molar-refractivity contribution in [3.63, 3.8) is 0 Å². The molecule has 112 valence electrons. The fourth-order valence-corrected chi connectivity index (χ4v) is 2.70. The molecule has 2 N–H and O–H groups in total. The molecule has 1 aromatic rings. The highest BCUT2D eigenvalue weighted by molar-refractivity contribution is 5.47. The van der Waals surface area contributed by atoms with Gasteiger partial charge in [-0.25, -0.2) is 17.6 Å². The van der Waals surface area contributed by atoms with E-state index in [-0.39, 0.29) is 19.2 Å². The maximum Gasteiger partial charge on any atom is 0.185 e. The molecule has 1 fully saturated rings. The number of rotatable bonds is 4. The Labute approximate surface area is 114 Å². The first-order valence-electron chi connectivity index (χ1n) is 6.67. The van der Waals surface area contributed by atoms with Gasteiger partial charge in [-0.05, 0) is 12.8 Å². The normalized spacial score (nSPS) is 18.1. The molecule has 0 saturated heterocycles. The molecule has 2 nitrogen and oxygen atoms in total. The number of anilines is 1. The summed E-state index contributed by atoms with van der Waals surface area (Å²) in [6.45, 7) is -0.0404. The van der Waals surface area contributed by atoms with E-state index in [1.54, 1.807) is 0 Å². The van der Waals surface area contributed by atoms with Gasteiger partial charge in [-0.15, -0.1) is 0 Å². The van der Waals surface area contributed by atoms with Crippen molar-refractivity contribution in [2.75, 3.05) is 18.5 Å². The first-order chi connectivity index (χ1) is 9.49. The van der Waals surface area contributed by atoms with Gasteiger partial charge in [-0.2, -0.15) is 0 Å². The van der Waals surface area contributed by atoms with Crippen molar-refractivity contribution in [1.82, 2.24) is 0 Å². The lowest BCUT2D eigenvalue weighted by atomic mass is 9.74. The average molecular weight is 291 g/mol. The summed E-state index contributed by atoms with van der Waals surface area (Å²) in [5, 5.41) is 11.9. The van der Waals surface area contributed by atoms with Crippen molar-refractivity contribution >= 4 is 5.69 Å². The molecule has 2 rings (SSSR count). The van der Waals surface area contributed by atoms with Crippen molar-refractivity contribution in [1.29, 1.82) is 0 Å². The summed E-state index contributed by atoms with van der Waals surface area (Å²) < 4.78 is 53.2. The summed E-state index contributed by atoms with van der Waals surface area (Å²) in [6, 6.07) is 0.179. The fourth-order valence-electron chi connectivity index (χ4n) is 2.70. The summed E-state index contributed by atoms with van der Waals surface area (Å²) in [4.78, 5) is 0. The topological polar surface area (TPSA) is 32.3 Å². The Morgan fingerprint density at radius 3 is 2.05 bits per heavy atom. The standard InChI is InChI=1S/C14H17F4NO/c15-9-6-10(16)12(18)13(11(9)17)19-7-14(8-20)4-2-1-3-5-14/h6,19-20H,1-5,7-8H2. The molecule has 6 heteroatoms. The van der Waals surface area contributed by atoms with Crippen LogP contribution < -0.4 is 5.32 Å². The number of nitrogens with one attached hydrogen (secondary N) is 1. The molecule has 0 amide bonds. The van der Waals surface area contributed by atoms with Crippen LogP contribution in [0.2, 0.25) is 0 Å². The molecule has 0 spiro atoms. The minimum Gasteiger partial charge on any atom is -0.396 e. The number of hydrogen-bond donors (Lipinski definition) is 2. The number of aliphatic hydroxyl groups is 1. The van der Waals surface area contributed by atoms with Gasteiger partial charge in [-0.1, -0.05) is 19.3 Å². The monoisotopic (exact) mass is 291 g/mol. The van der Waals surface area contributed by atoms with Crippen LogP contribution in [0, 0.1) is 28.7 Å². The first-order valence-corrected chi connectivity index (χ1v) is 6.67. The molecule has 0 aliphatic heterocycles. The van der Waals surface area contributed by atoms with Gasteiger partial charge < -0.3 is 10.4 Å². The van der Waals surface area contributed by atoms with E-state index in [0.717, 1.165) is 32.1 Å². The third kappa shape index (κ3) is 2.90. The van der Waals surface area contributed by atoms with E-state index in [1.807, 2.05) is 0 Å². The number of halogens is 4. The first kappa shape index (κ1) is 15.1. The molecule has 1 saturated carbocycles. The minimum absolute atomic E-state index is 0.0836. The lowest BCUT2D eigenvalue weighted by Gasteiger charge is -2.36. The lowest BCUT2D eigenvalue weighted by molar-refractivity contribution is 0.0942. The second kappa shape index (κ2) is 5.99. The van der Waals surface area contributed by atoms with Gasteiger partial charge in [0.2, 0.25) is 0 Å². The van der Waals surface area contributed by atoms with Gasteiger partial charge in [0.05, 0.1) is 6.61 Å². The van der Waals surface area contributed by atoms with Gasteiger partial charge in [-0.3, -0.25) is 0 Å². The van der Waals surface area contributed by atoms with E-state index >= 15 is 0 Å². The number of benzene rings is 1. The molecule has 1 aromatic carbocycles. The van der Waals surface area contributed by atoms with Crippen molar-refractivity contribution < 1.29 is 22.7 Å². The largest absolute Gasteiger partial charge is 0.396 e. The van der Waals surface area contributed by atoms with Crippen LogP contribution in [0.1, 0.15) is 32.1 Å². The van der Waals surface area contributed by atoms with Gasteiger partial charge in [0.25, 0.3) is 0 Å². The van der Waals surface area contributed by atoms with Crippen molar-refractivity contribution in [2.45, 2.75) is 32.1 Å². The Bertz CT molecular complexity index is 460. The van der Waals surface area contributed by atoms with Crippen molar-refractivity contribution in [2.24, 2.45) is 5.41 Å². The molecular formula is C14H17F4NO. The van der Waals surface area contributed by atoms with E-state index < -0.39 is 34.4 Å². The highest BCUT2D eigenvalue weighted by Crippen LogP contribution is 2.36. The molecule has 1 aliphatic carbocycles. The Kier molecular flexibility index (Phi) is 4.52. The highest BCUT2D eigenvalue weighted by Gasteiger charge is 2.32. The summed E-state index contributed by atoms with van der Waals surface area (Å²) in [5.74, 6) is -5.75. The third-order valence-corrected chi connectivity index (χ3v) is 4.00. The van der Waals surface area contributed by atoms with Crippen LogP contribution in [0.4, 0.5) is 23.2 Å². The zero-order chi connectivity index (χ0) is 14.8. The van der Waals surface area contributed by atoms with Crippen LogP contribution in [0.3, 0.4) is 0 Å². The van der Waals surface area contributed by atoms with E-state index in [4.69, 9.17) is 0 Å². The second-order valence-electron chi connectivity index (χ2n) is 5.42. The molecule has 0 aromatic heterocycles. The molecule has 20 heavy (non-hydrogen) atoms.